The normalized spacial score (nSPS) is 10.7. The van der Waals surface area contributed by atoms with Crippen LogP contribution in [0, 0.1) is 0 Å². The molecule has 0 bridgehead atoms. The van der Waals surface area contributed by atoms with Crippen molar-refractivity contribution in [2.24, 2.45) is 0 Å². The highest BCUT2D eigenvalue weighted by Gasteiger charge is 2.15. The van der Waals surface area contributed by atoms with E-state index in [1.165, 1.54) is 6.20 Å². The molecule has 0 saturated heterocycles. The fraction of sp³-hybridized carbons (Fsp3) is 0.0526. The number of H-pyrrole nitrogens is 1. The monoisotopic (exact) mass is 346 g/mol. The van der Waals surface area contributed by atoms with Crippen LogP contribution >= 0.6 is 0 Å². The molecule has 4 aromatic rings. The first-order valence-electron chi connectivity index (χ1n) is 7.88. The topological polar surface area (TPSA) is 93.9 Å². The lowest BCUT2D eigenvalue weighted by atomic mass is 10.2. The van der Waals surface area contributed by atoms with Crippen LogP contribution in [0.2, 0.25) is 0 Å². The first-order valence-corrected chi connectivity index (χ1v) is 7.88. The van der Waals surface area contributed by atoms with Gasteiger partial charge in [-0.1, -0.05) is 35.5 Å². The van der Waals surface area contributed by atoms with Crippen molar-refractivity contribution in [3.05, 3.63) is 71.1 Å². The maximum absolute atomic E-state index is 12.4. The largest absolute Gasteiger partial charge is 0.497 e. The first kappa shape index (κ1) is 15.8. The van der Waals surface area contributed by atoms with Crippen molar-refractivity contribution >= 4 is 0 Å². The van der Waals surface area contributed by atoms with Gasteiger partial charge in [0.05, 0.1) is 7.11 Å². The summed E-state index contributed by atoms with van der Waals surface area (Å²) in [7, 11) is 1.60. The molecule has 7 nitrogen and oxygen atoms in total. The van der Waals surface area contributed by atoms with Gasteiger partial charge in [-0.25, -0.2) is 4.98 Å². The smallest absolute Gasteiger partial charge is 0.265 e. The van der Waals surface area contributed by atoms with Gasteiger partial charge < -0.3 is 14.2 Å². The molecular formula is C19H14N4O3. The Morgan fingerprint density at radius 1 is 1.00 bits per heavy atom. The summed E-state index contributed by atoms with van der Waals surface area (Å²) < 4.78 is 10.4. The summed E-state index contributed by atoms with van der Waals surface area (Å²) in [6.45, 7) is 0. The quantitative estimate of drug-likeness (QED) is 0.610. The van der Waals surface area contributed by atoms with Crippen molar-refractivity contribution in [3.8, 4) is 40.0 Å². The van der Waals surface area contributed by atoms with Crippen molar-refractivity contribution in [3.63, 3.8) is 0 Å². The van der Waals surface area contributed by atoms with Gasteiger partial charge in [0.25, 0.3) is 11.4 Å². The molecule has 0 saturated carbocycles. The van der Waals surface area contributed by atoms with Crippen molar-refractivity contribution in [2.75, 3.05) is 7.11 Å². The second-order valence-corrected chi connectivity index (χ2v) is 5.49. The number of ether oxygens (including phenoxy) is 1. The Morgan fingerprint density at radius 2 is 1.77 bits per heavy atom. The third kappa shape index (κ3) is 2.98. The molecule has 7 heteroatoms. The number of aromatic amines is 1. The SMILES string of the molecule is COc1ccc(-c2noc(-c3cnc(-c4ccccc4)[nH]c3=O)n2)cc1. The maximum atomic E-state index is 12.4. The van der Waals surface area contributed by atoms with Gasteiger partial charge in [0, 0.05) is 17.3 Å². The van der Waals surface area contributed by atoms with Crippen LogP contribution in [0.4, 0.5) is 0 Å². The average Bonchev–Trinajstić information content (AvgIpc) is 3.18. The van der Waals surface area contributed by atoms with Crippen molar-refractivity contribution in [1.29, 1.82) is 0 Å². The lowest BCUT2D eigenvalue weighted by molar-refractivity contribution is 0.414. The van der Waals surface area contributed by atoms with Gasteiger partial charge >= 0.3 is 0 Å². The third-order valence-corrected chi connectivity index (χ3v) is 3.85. The predicted octanol–water partition coefficient (Wildman–Crippen LogP) is 3.16. The predicted molar refractivity (Wildman–Crippen MR) is 95.6 cm³/mol. The van der Waals surface area contributed by atoms with Crippen molar-refractivity contribution in [1.82, 2.24) is 20.1 Å². The summed E-state index contributed by atoms with van der Waals surface area (Å²) in [5.74, 6) is 1.71. The number of hydrogen-bond donors (Lipinski definition) is 1. The van der Waals surface area contributed by atoms with Crippen LogP contribution in [0.3, 0.4) is 0 Å². The van der Waals surface area contributed by atoms with Crippen LogP contribution in [0.15, 0.2) is 70.1 Å². The molecule has 0 fully saturated rings. The first-order chi connectivity index (χ1) is 12.7. The molecule has 2 heterocycles. The highest BCUT2D eigenvalue weighted by molar-refractivity contribution is 5.61. The van der Waals surface area contributed by atoms with E-state index in [1.54, 1.807) is 19.2 Å². The minimum atomic E-state index is -0.344. The van der Waals surface area contributed by atoms with Crippen molar-refractivity contribution in [2.45, 2.75) is 0 Å². The van der Waals surface area contributed by atoms with E-state index in [2.05, 4.69) is 20.1 Å². The zero-order chi connectivity index (χ0) is 17.9. The molecule has 0 spiro atoms. The summed E-state index contributed by atoms with van der Waals surface area (Å²) in [6.07, 6.45) is 1.44. The summed E-state index contributed by atoms with van der Waals surface area (Å²) in [5.41, 5.74) is 1.45. The van der Waals surface area contributed by atoms with Gasteiger partial charge in [-0.2, -0.15) is 4.98 Å². The average molecular weight is 346 g/mol. The number of nitrogens with one attached hydrogen (secondary N) is 1. The van der Waals surface area contributed by atoms with Gasteiger partial charge in [0.1, 0.15) is 17.1 Å². The number of nitrogens with zero attached hydrogens (tertiary/aromatic N) is 3. The Labute approximate surface area is 148 Å². The van der Waals surface area contributed by atoms with E-state index in [1.807, 2.05) is 42.5 Å². The lowest BCUT2D eigenvalue weighted by Crippen LogP contribution is -2.11. The highest BCUT2D eigenvalue weighted by atomic mass is 16.5. The van der Waals surface area contributed by atoms with Gasteiger partial charge in [-0.3, -0.25) is 4.79 Å². The zero-order valence-corrected chi connectivity index (χ0v) is 13.8. The number of benzene rings is 2. The lowest BCUT2D eigenvalue weighted by Gasteiger charge is -2.00. The Balaban J connectivity index is 1.66. The Morgan fingerprint density at radius 3 is 2.46 bits per heavy atom. The Hall–Kier alpha value is -3.74. The standard InChI is InChI=1S/C19H14N4O3/c1-25-14-9-7-13(8-10-14)17-22-19(26-23-17)15-11-20-16(21-18(15)24)12-5-3-2-4-6-12/h2-11H,1H3,(H,20,21,24). The highest BCUT2D eigenvalue weighted by Crippen LogP contribution is 2.22. The van der Waals surface area contributed by atoms with Crippen LogP contribution in [-0.4, -0.2) is 27.2 Å². The van der Waals surface area contributed by atoms with E-state index in [4.69, 9.17) is 9.26 Å². The minimum absolute atomic E-state index is 0.115. The Kier molecular flexibility index (Phi) is 4.03. The number of methoxy groups -OCH3 is 1. The summed E-state index contributed by atoms with van der Waals surface area (Å²) in [4.78, 5) is 23.7. The minimum Gasteiger partial charge on any atom is -0.497 e. The fourth-order valence-corrected chi connectivity index (χ4v) is 2.48. The molecule has 4 rings (SSSR count). The van der Waals surface area contributed by atoms with Gasteiger partial charge in [0.2, 0.25) is 5.82 Å². The van der Waals surface area contributed by atoms with Crippen LogP contribution in [0.5, 0.6) is 5.75 Å². The molecule has 0 radical (unpaired) electrons. The molecule has 0 aliphatic carbocycles. The maximum Gasteiger partial charge on any atom is 0.265 e. The van der Waals surface area contributed by atoms with Gasteiger partial charge in [0.15, 0.2) is 0 Å². The van der Waals surface area contributed by atoms with E-state index in [9.17, 15) is 4.79 Å². The van der Waals surface area contributed by atoms with Crippen LogP contribution in [0.25, 0.3) is 34.2 Å². The van der Waals surface area contributed by atoms with E-state index < -0.39 is 0 Å². The van der Waals surface area contributed by atoms with E-state index in [0.717, 1.165) is 16.9 Å². The van der Waals surface area contributed by atoms with Gasteiger partial charge in [-0.05, 0) is 24.3 Å². The van der Waals surface area contributed by atoms with Crippen LogP contribution < -0.4 is 10.3 Å². The molecule has 0 atom stereocenters. The van der Waals surface area contributed by atoms with E-state index in [-0.39, 0.29) is 17.0 Å². The molecule has 128 valence electrons. The molecule has 2 aromatic carbocycles. The molecular weight excluding hydrogens is 332 g/mol. The number of aromatic nitrogens is 4. The second-order valence-electron chi connectivity index (χ2n) is 5.49. The molecule has 0 unspecified atom stereocenters. The Bertz CT molecular complexity index is 1090. The molecule has 1 N–H and O–H groups in total. The van der Waals surface area contributed by atoms with Crippen LogP contribution in [0.1, 0.15) is 0 Å². The number of hydrogen-bond acceptors (Lipinski definition) is 6. The summed E-state index contributed by atoms with van der Waals surface area (Å²) in [5, 5.41) is 3.93. The molecule has 0 aliphatic rings. The van der Waals surface area contributed by atoms with Crippen molar-refractivity contribution < 1.29 is 9.26 Å². The van der Waals surface area contributed by atoms with Gasteiger partial charge in [-0.15, -0.1) is 0 Å². The summed E-state index contributed by atoms with van der Waals surface area (Å²) >= 11 is 0. The third-order valence-electron chi connectivity index (χ3n) is 3.85. The molecule has 0 aliphatic heterocycles. The summed E-state index contributed by atoms with van der Waals surface area (Å²) in [6, 6.07) is 16.6. The second kappa shape index (κ2) is 6.64. The molecule has 26 heavy (non-hydrogen) atoms. The zero-order valence-electron chi connectivity index (χ0n) is 13.8. The number of rotatable bonds is 4. The molecule has 0 amide bonds. The fourth-order valence-electron chi connectivity index (χ4n) is 2.48. The van der Waals surface area contributed by atoms with Crippen LogP contribution in [-0.2, 0) is 0 Å². The van der Waals surface area contributed by atoms with E-state index in [0.29, 0.717) is 11.6 Å². The van der Waals surface area contributed by atoms with E-state index >= 15 is 0 Å². The molecule has 2 aromatic heterocycles.